The SMILES string of the molecule is CC(C)(C)c1ccc(OCCOCC(O)C[N+]2(Cc3ccccc3)CCCCCC2)c(C(C)(C)C)c1. The highest BCUT2D eigenvalue weighted by Crippen LogP contribution is 2.35. The highest BCUT2D eigenvalue weighted by molar-refractivity contribution is 5.43. The van der Waals surface area contributed by atoms with Gasteiger partial charge >= 0.3 is 0 Å². The van der Waals surface area contributed by atoms with Crippen LogP contribution in [0.25, 0.3) is 0 Å². The van der Waals surface area contributed by atoms with Crippen molar-refractivity contribution in [3.63, 3.8) is 0 Å². The second-order valence-corrected chi connectivity index (χ2v) is 12.8. The van der Waals surface area contributed by atoms with Crippen molar-refractivity contribution in [2.24, 2.45) is 0 Å². The Hall–Kier alpha value is -1.88. The van der Waals surface area contributed by atoms with E-state index in [2.05, 4.69) is 90.1 Å². The topological polar surface area (TPSA) is 38.7 Å². The number of hydrogen-bond donors (Lipinski definition) is 1. The van der Waals surface area contributed by atoms with E-state index >= 15 is 0 Å². The lowest BCUT2D eigenvalue weighted by molar-refractivity contribution is -0.943. The summed E-state index contributed by atoms with van der Waals surface area (Å²) in [4.78, 5) is 0. The molecule has 3 rings (SSSR count). The van der Waals surface area contributed by atoms with E-state index in [1.54, 1.807) is 0 Å². The monoisotopic (exact) mass is 496 g/mol. The average Bonchev–Trinajstić information content (AvgIpc) is 3.03. The zero-order valence-corrected chi connectivity index (χ0v) is 23.7. The van der Waals surface area contributed by atoms with Crippen molar-refractivity contribution in [3.8, 4) is 5.75 Å². The fourth-order valence-electron chi connectivity index (χ4n) is 5.37. The third-order valence-corrected chi connectivity index (χ3v) is 7.42. The van der Waals surface area contributed by atoms with Gasteiger partial charge in [0, 0.05) is 5.56 Å². The number of aliphatic hydroxyl groups excluding tert-OH is 1. The van der Waals surface area contributed by atoms with E-state index in [0.29, 0.717) is 19.8 Å². The number of benzene rings is 2. The molecule has 36 heavy (non-hydrogen) atoms. The molecule has 4 nitrogen and oxygen atoms in total. The first-order valence-corrected chi connectivity index (χ1v) is 13.9. The summed E-state index contributed by atoms with van der Waals surface area (Å²) in [6.45, 7) is 18.7. The normalized spacial score (nSPS) is 17.4. The summed E-state index contributed by atoms with van der Waals surface area (Å²) in [7, 11) is 0. The molecule has 1 aliphatic heterocycles. The third-order valence-electron chi connectivity index (χ3n) is 7.42. The van der Waals surface area contributed by atoms with Crippen LogP contribution >= 0.6 is 0 Å². The van der Waals surface area contributed by atoms with Gasteiger partial charge in [-0.15, -0.1) is 0 Å². The van der Waals surface area contributed by atoms with Crippen LogP contribution in [0.3, 0.4) is 0 Å². The first-order chi connectivity index (χ1) is 17.0. The Bertz CT molecular complexity index is 919. The molecule has 0 amide bonds. The van der Waals surface area contributed by atoms with Crippen LogP contribution in [0.15, 0.2) is 48.5 Å². The van der Waals surface area contributed by atoms with E-state index in [1.165, 1.54) is 42.4 Å². The van der Waals surface area contributed by atoms with Gasteiger partial charge in [0.2, 0.25) is 0 Å². The van der Waals surface area contributed by atoms with Gasteiger partial charge in [-0.05, 0) is 53.7 Å². The van der Waals surface area contributed by atoms with Crippen LogP contribution in [-0.2, 0) is 22.1 Å². The molecule has 0 aliphatic carbocycles. The largest absolute Gasteiger partial charge is 0.491 e. The average molecular weight is 497 g/mol. The van der Waals surface area contributed by atoms with Gasteiger partial charge in [-0.2, -0.15) is 0 Å². The number of rotatable bonds is 10. The van der Waals surface area contributed by atoms with Crippen LogP contribution < -0.4 is 4.74 Å². The van der Waals surface area contributed by atoms with E-state index in [9.17, 15) is 5.11 Å². The molecule has 0 aromatic heterocycles. The molecular weight excluding hydrogens is 446 g/mol. The van der Waals surface area contributed by atoms with Crippen molar-refractivity contribution in [1.82, 2.24) is 0 Å². The lowest BCUT2D eigenvalue weighted by Gasteiger charge is -2.39. The molecule has 1 unspecified atom stereocenters. The molecule has 2 aromatic rings. The quantitative estimate of drug-likeness (QED) is 0.296. The summed E-state index contributed by atoms with van der Waals surface area (Å²) >= 11 is 0. The minimum Gasteiger partial charge on any atom is -0.491 e. The van der Waals surface area contributed by atoms with Crippen molar-refractivity contribution >= 4 is 0 Å². The summed E-state index contributed by atoms with van der Waals surface area (Å²) < 4.78 is 13.0. The number of ether oxygens (including phenoxy) is 2. The zero-order valence-electron chi connectivity index (χ0n) is 23.7. The molecule has 1 atom stereocenters. The first kappa shape index (κ1) is 28.7. The van der Waals surface area contributed by atoms with Gasteiger partial charge in [0.1, 0.15) is 31.5 Å². The van der Waals surface area contributed by atoms with E-state index in [4.69, 9.17) is 9.47 Å². The molecular formula is C32H50NO3+. The van der Waals surface area contributed by atoms with Gasteiger partial charge < -0.3 is 19.1 Å². The minimum absolute atomic E-state index is 0.00263. The standard InChI is InChI=1S/C32H50NO3/c1-31(2,3)27-16-17-30(29(22-27)32(4,5)6)36-21-20-35-25-28(34)24-33(18-12-7-8-13-19-33)23-26-14-10-9-11-15-26/h9-11,14-17,22,28,34H,7-8,12-13,18-21,23-25H2,1-6H3/q+1. The van der Waals surface area contributed by atoms with Crippen LogP contribution in [0.5, 0.6) is 5.75 Å². The predicted molar refractivity (Wildman–Crippen MR) is 150 cm³/mol. The third kappa shape index (κ3) is 8.61. The fourth-order valence-corrected chi connectivity index (χ4v) is 5.37. The van der Waals surface area contributed by atoms with Gasteiger partial charge in [-0.3, -0.25) is 0 Å². The van der Waals surface area contributed by atoms with Crippen LogP contribution in [0.4, 0.5) is 0 Å². The minimum atomic E-state index is -0.469. The Morgan fingerprint density at radius 2 is 1.50 bits per heavy atom. The van der Waals surface area contributed by atoms with Gasteiger partial charge in [0.25, 0.3) is 0 Å². The lowest BCUT2D eigenvalue weighted by atomic mass is 9.80. The molecule has 0 spiro atoms. The summed E-state index contributed by atoms with van der Waals surface area (Å²) in [6.07, 6.45) is 4.59. The molecule has 1 fully saturated rings. The summed E-state index contributed by atoms with van der Waals surface area (Å²) in [6, 6.07) is 17.3. The summed E-state index contributed by atoms with van der Waals surface area (Å²) in [5.74, 6) is 0.927. The van der Waals surface area contributed by atoms with Gasteiger partial charge in [0.15, 0.2) is 0 Å². The Morgan fingerprint density at radius 1 is 0.833 bits per heavy atom. The van der Waals surface area contributed by atoms with Gasteiger partial charge in [-0.25, -0.2) is 0 Å². The van der Waals surface area contributed by atoms with Gasteiger partial charge in [-0.1, -0.05) is 84.0 Å². The predicted octanol–water partition coefficient (Wildman–Crippen LogP) is 6.63. The lowest BCUT2D eigenvalue weighted by Crippen LogP contribution is -2.53. The van der Waals surface area contributed by atoms with Crippen molar-refractivity contribution < 1.29 is 19.1 Å². The number of nitrogens with zero attached hydrogens (tertiary/aromatic N) is 1. The second kappa shape index (κ2) is 12.6. The zero-order chi connectivity index (χ0) is 26.2. The van der Waals surface area contributed by atoms with Crippen LogP contribution in [0.2, 0.25) is 0 Å². The van der Waals surface area contributed by atoms with Crippen LogP contribution in [0.1, 0.15) is 83.9 Å². The summed E-state index contributed by atoms with van der Waals surface area (Å²) in [5.41, 5.74) is 4.00. The molecule has 0 radical (unpaired) electrons. The Balaban J connectivity index is 1.52. The molecule has 200 valence electrons. The maximum absolute atomic E-state index is 10.9. The molecule has 1 aliphatic rings. The van der Waals surface area contributed by atoms with Crippen LogP contribution in [0, 0.1) is 0 Å². The van der Waals surface area contributed by atoms with Crippen molar-refractivity contribution in [1.29, 1.82) is 0 Å². The molecule has 1 saturated heterocycles. The van der Waals surface area contributed by atoms with Gasteiger partial charge in [0.05, 0.1) is 26.3 Å². The molecule has 1 heterocycles. The van der Waals surface area contributed by atoms with Crippen molar-refractivity contribution in [2.75, 3.05) is 39.5 Å². The number of aliphatic hydroxyl groups is 1. The molecule has 4 heteroatoms. The smallest absolute Gasteiger partial charge is 0.126 e. The Morgan fingerprint density at radius 3 is 2.11 bits per heavy atom. The van der Waals surface area contributed by atoms with E-state index in [1.807, 2.05) is 0 Å². The molecule has 0 saturated carbocycles. The maximum Gasteiger partial charge on any atom is 0.126 e. The van der Waals surface area contributed by atoms with Crippen molar-refractivity contribution in [3.05, 3.63) is 65.2 Å². The molecule has 0 bridgehead atoms. The number of hydrogen-bond acceptors (Lipinski definition) is 3. The maximum atomic E-state index is 10.9. The molecule has 2 aromatic carbocycles. The number of quaternary nitrogens is 1. The van der Waals surface area contributed by atoms with Crippen LogP contribution in [-0.4, -0.2) is 55.1 Å². The molecule has 1 N–H and O–H groups in total. The Kier molecular flexibility index (Phi) is 10.0. The van der Waals surface area contributed by atoms with Crippen molar-refractivity contribution in [2.45, 2.75) is 90.7 Å². The first-order valence-electron chi connectivity index (χ1n) is 13.9. The highest BCUT2D eigenvalue weighted by Gasteiger charge is 2.32. The second-order valence-electron chi connectivity index (χ2n) is 12.8. The van der Waals surface area contributed by atoms with E-state index < -0.39 is 6.10 Å². The van der Waals surface area contributed by atoms with E-state index in [0.717, 1.165) is 36.4 Å². The van der Waals surface area contributed by atoms with E-state index in [-0.39, 0.29) is 10.8 Å². The summed E-state index contributed by atoms with van der Waals surface area (Å²) in [5, 5.41) is 10.9. The number of likely N-dealkylation sites (tertiary alicyclic amines) is 1. The fraction of sp³-hybridized carbons (Fsp3) is 0.625. The Labute approximate surface area is 220 Å². The highest BCUT2D eigenvalue weighted by atomic mass is 16.5.